The summed E-state index contributed by atoms with van der Waals surface area (Å²) in [4.78, 5) is 61.8. The van der Waals surface area contributed by atoms with E-state index < -0.39 is 66.3 Å². The van der Waals surface area contributed by atoms with Crippen LogP contribution in [-0.2, 0) is 36.8 Å². The molecule has 0 saturated heterocycles. The number of phenolic OH excluding ortho intramolecular Hbond substituents is 2. The van der Waals surface area contributed by atoms with Gasteiger partial charge in [0, 0.05) is 12.8 Å². The number of benzene rings is 2. The standard InChI is InChI=1S/C26H33N5O9/c1-13(32)22(26(39)40)31-25(38)20(11-15-4-8-17(34)9-5-15)30-24(37)19(10-14-2-6-16(33)7-3-14)29-23(36)18(27)12-21(28)35/h2-9,13,18-20,22,32-34H,10-12,27H2,1H3,(H2,28,35)(H,29,36)(H,30,37)(H,31,38)(H,39,40). The molecule has 0 fully saturated rings. The number of amides is 4. The normalized spacial score (nSPS) is 14.6. The zero-order chi connectivity index (χ0) is 30.0. The summed E-state index contributed by atoms with van der Waals surface area (Å²) in [5.41, 5.74) is 11.8. The number of carbonyl (C=O) groups excluding carboxylic acids is 4. The number of hydrogen-bond acceptors (Lipinski definition) is 9. The minimum atomic E-state index is -1.67. The van der Waals surface area contributed by atoms with Gasteiger partial charge < -0.3 is 47.8 Å². The third-order valence-corrected chi connectivity index (χ3v) is 5.82. The summed E-state index contributed by atoms with van der Waals surface area (Å²) < 4.78 is 0. The van der Waals surface area contributed by atoms with Crippen molar-refractivity contribution in [3.05, 3.63) is 59.7 Å². The summed E-state index contributed by atoms with van der Waals surface area (Å²) in [6.07, 6.45) is -2.20. The number of aliphatic hydroxyl groups excluding tert-OH is 1. The van der Waals surface area contributed by atoms with Gasteiger partial charge >= 0.3 is 5.97 Å². The van der Waals surface area contributed by atoms with Gasteiger partial charge in [-0.2, -0.15) is 0 Å². The lowest BCUT2D eigenvalue weighted by molar-refractivity contribution is -0.145. The van der Waals surface area contributed by atoms with Crippen molar-refractivity contribution in [1.29, 1.82) is 0 Å². The van der Waals surface area contributed by atoms with Gasteiger partial charge in [-0.25, -0.2) is 4.79 Å². The molecule has 0 saturated carbocycles. The molecule has 4 amide bonds. The van der Waals surface area contributed by atoms with E-state index in [2.05, 4.69) is 16.0 Å². The molecule has 216 valence electrons. The molecular formula is C26H33N5O9. The lowest BCUT2D eigenvalue weighted by Gasteiger charge is -2.26. The number of phenols is 2. The summed E-state index contributed by atoms with van der Waals surface area (Å²) in [6, 6.07) is 5.71. The Labute approximate surface area is 229 Å². The van der Waals surface area contributed by atoms with E-state index in [1.807, 2.05) is 0 Å². The zero-order valence-corrected chi connectivity index (χ0v) is 21.6. The molecule has 0 bridgehead atoms. The van der Waals surface area contributed by atoms with Crippen LogP contribution in [0, 0.1) is 0 Å². The highest BCUT2D eigenvalue weighted by Gasteiger charge is 2.32. The van der Waals surface area contributed by atoms with Gasteiger partial charge in [-0.3, -0.25) is 19.2 Å². The topological polar surface area (TPSA) is 254 Å². The Morgan fingerprint density at radius 2 is 1.15 bits per heavy atom. The Morgan fingerprint density at radius 1 is 0.750 bits per heavy atom. The number of nitrogens with one attached hydrogen (secondary N) is 3. The van der Waals surface area contributed by atoms with Gasteiger partial charge in [0.05, 0.1) is 18.6 Å². The van der Waals surface area contributed by atoms with Crippen LogP contribution in [0.1, 0.15) is 24.5 Å². The molecule has 0 aromatic heterocycles. The summed E-state index contributed by atoms with van der Waals surface area (Å²) in [5.74, 6) is -5.06. The predicted octanol–water partition coefficient (Wildman–Crippen LogP) is -1.99. The van der Waals surface area contributed by atoms with Gasteiger partial charge in [-0.15, -0.1) is 0 Å². The maximum Gasteiger partial charge on any atom is 0.328 e. The van der Waals surface area contributed by atoms with E-state index in [9.17, 15) is 44.4 Å². The fraction of sp³-hybridized carbons (Fsp3) is 0.346. The number of rotatable bonds is 14. The van der Waals surface area contributed by atoms with Crippen LogP contribution in [0.15, 0.2) is 48.5 Å². The molecule has 0 spiro atoms. The van der Waals surface area contributed by atoms with E-state index in [1.165, 1.54) is 55.5 Å². The Morgan fingerprint density at radius 3 is 1.52 bits per heavy atom. The molecule has 2 aromatic carbocycles. The molecule has 0 aliphatic heterocycles. The number of nitrogens with two attached hydrogens (primary N) is 2. The average molecular weight is 560 g/mol. The van der Waals surface area contributed by atoms with Crippen molar-refractivity contribution >= 4 is 29.6 Å². The second kappa shape index (κ2) is 14.5. The predicted molar refractivity (Wildman–Crippen MR) is 141 cm³/mol. The molecule has 40 heavy (non-hydrogen) atoms. The van der Waals surface area contributed by atoms with E-state index in [4.69, 9.17) is 11.5 Å². The lowest BCUT2D eigenvalue weighted by atomic mass is 10.0. The van der Waals surface area contributed by atoms with Crippen molar-refractivity contribution in [2.75, 3.05) is 0 Å². The molecule has 11 N–H and O–H groups in total. The summed E-state index contributed by atoms with van der Waals surface area (Å²) in [7, 11) is 0. The fourth-order valence-corrected chi connectivity index (χ4v) is 3.66. The van der Waals surface area contributed by atoms with Crippen LogP contribution in [-0.4, -0.2) is 80.3 Å². The monoisotopic (exact) mass is 559 g/mol. The third kappa shape index (κ3) is 9.89. The maximum absolute atomic E-state index is 13.4. The highest BCUT2D eigenvalue weighted by Crippen LogP contribution is 2.14. The molecule has 0 aliphatic carbocycles. The number of aliphatic hydroxyl groups is 1. The molecule has 14 nitrogen and oxygen atoms in total. The molecule has 0 heterocycles. The van der Waals surface area contributed by atoms with Crippen molar-refractivity contribution in [2.45, 2.75) is 56.5 Å². The van der Waals surface area contributed by atoms with E-state index in [-0.39, 0.29) is 24.3 Å². The van der Waals surface area contributed by atoms with Gasteiger partial charge in [0.2, 0.25) is 23.6 Å². The first-order chi connectivity index (χ1) is 18.8. The van der Waals surface area contributed by atoms with Gasteiger partial charge in [-0.1, -0.05) is 24.3 Å². The molecule has 14 heteroatoms. The average Bonchev–Trinajstić information content (AvgIpc) is 2.87. The van der Waals surface area contributed by atoms with Crippen LogP contribution >= 0.6 is 0 Å². The molecule has 0 radical (unpaired) electrons. The van der Waals surface area contributed by atoms with Crippen LogP contribution in [0.5, 0.6) is 11.5 Å². The SMILES string of the molecule is CC(O)C(NC(=O)C(Cc1ccc(O)cc1)NC(=O)C(Cc1ccc(O)cc1)NC(=O)C(N)CC(N)=O)C(=O)O. The number of carbonyl (C=O) groups is 5. The molecule has 2 rings (SSSR count). The maximum atomic E-state index is 13.4. The molecule has 2 aromatic rings. The van der Waals surface area contributed by atoms with Crippen LogP contribution in [0.4, 0.5) is 0 Å². The van der Waals surface area contributed by atoms with Crippen molar-refractivity contribution in [1.82, 2.24) is 16.0 Å². The fourth-order valence-electron chi connectivity index (χ4n) is 3.66. The molecule has 0 aliphatic rings. The van der Waals surface area contributed by atoms with Gasteiger partial charge in [0.25, 0.3) is 0 Å². The van der Waals surface area contributed by atoms with E-state index in [1.54, 1.807) is 0 Å². The highest BCUT2D eigenvalue weighted by molar-refractivity contribution is 5.95. The van der Waals surface area contributed by atoms with Crippen LogP contribution in [0.2, 0.25) is 0 Å². The second-order valence-electron chi connectivity index (χ2n) is 9.21. The van der Waals surface area contributed by atoms with Crippen LogP contribution in [0.25, 0.3) is 0 Å². The number of carboxylic acid groups (broad SMARTS) is 1. The second-order valence-corrected chi connectivity index (χ2v) is 9.21. The quantitative estimate of drug-likeness (QED) is 0.123. The Kier molecular flexibility index (Phi) is 11.4. The third-order valence-electron chi connectivity index (χ3n) is 5.82. The minimum absolute atomic E-state index is 0.0333. The molecular weight excluding hydrogens is 526 g/mol. The zero-order valence-electron chi connectivity index (χ0n) is 21.6. The smallest absolute Gasteiger partial charge is 0.328 e. The first kappa shape index (κ1) is 31.5. The summed E-state index contributed by atoms with van der Waals surface area (Å²) in [6.45, 7) is 1.17. The van der Waals surface area contributed by atoms with Gasteiger partial charge in [0.1, 0.15) is 23.6 Å². The van der Waals surface area contributed by atoms with Crippen molar-refractivity contribution in [2.24, 2.45) is 11.5 Å². The Bertz CT molecular complexity index is 1200. The number of aromatic hydroxyl groups is 2. The van der Waals surface area contributed by atoms with Crippen molar-refractivity contribution < 1.29 is 44.4 Å². The molecule has 5 unspecified atom stereocenters. The van der Waals surface area contributed by atoms with Gasteiger partial charge in [-0.05, 0) is 42.3 Å². The molecule has 5 atom stereocenters. The Hall–Kier alpha value is -4.69. The van der Waals surface area contributed by atoms with E-state index in [0.717, 1.165) is 0 Å². The summed E-state index contributed by atoms with van der Waals surface area (Å²) >= 11 is 0. The van der Waals surface area contributed by atoms with Crippen molar-refractivity contribution in [3.63, 3.8) is 0 Å². The van der Waals surface area contributed by atoms with E-state index in [0.29, 0.717) is 11.1 Å². The lowest BCUT2D eigenvalue weighted by Crippen LogP contribution is -2.59. The number of hydrogen-bond donors (Lipinski definition) is 9. The van der Waals surface area contributed by atoms with E-state index >= 15 is 0 Å². The highest BCUT2D eigenvalue weighted by atomic mass is 16.4. The van der Waals surface area contributed by atoms with Gasteiger partial charge in [0.15, 0.2) is 6.04 Å². The largest absolute Gasteiger partial charge is 0.508 e. The van der Waals surface area contributed by atoms with Crippen LogP contribution in [0.3, 0.4) is 0 Å². The first-order valence-corrected chi connectivity index (χ1v) is 12.2. The first-order valence-electron chi connectivity index (χ1n) is 12.2. The Balaban J connectivity index is 2.35. The minimum Gasteiger partial charge on any atom is -0.508 e. The summed E-state index contributed by atoms with van der Waals surface area (Å²) in [5, 5.41) is 45.4. The number of aliphatic carboxylic acids is 1. The number of primary amides is 1. The number of carboxylic acids is 1. The van der Waals surface area contributed by atoms with Crippen molar-refractivity contribution in [3.8, 4) is 11.5 Å². The van der Waals surface area contributed by atoms with Crippen LogP contribution < -0.4 is 27.4 Å².